The van der Waals surface area contributed by atoms with Crippen molar-refractivity contribution in [2.45, 2.75) is 18.1 Å². The van der Waals surface area contributed by atoms with E-state index >= 15 is 0 Å². The summed E-state index contributed by atoms with van der Waals surface area (Å²) in [4.78, 5) is 21.4. The van der Waals surface area contributed by atoms with Gasteiger partial charge in [-0.05, 0) is 31.0 Å². The van der Waals surface area contributed by atoms with Crippen molar-refractivity contribution < 1.29 is 13.2 Å². The fourth-order valence-corrected chi connectivity index (χ4v) is 4.80. The van der Waals surface area contributed by atoms with Gasteiger partial charge < -0.3 is 9.88 Å². The maximum atomic E-state index is 12.6. The summed E-state index contributed by atoms with van der Waals surface area (Å²) in [7, 11) is -3.14. The zero-order valence-corrected chi connectivity index (χ0v) is 13.4. The summed E-state index contributed by atoms with van der Waals surface area (Å²) in [6.07, 6.45) is 3.14. The van der Waals surface area contributed by atoms with Crippen LogP contribution in [0.15, 0.2) is 24.5 Å². The first-order valence-corrected chi connectivity index (χ1v) is 9.27. The van der Waals surface area contributed by atoms with E-state index in [-0.39, 0.29) is 11.2 Å². The number of piperazine rings is 1. The number of hydrogen-bond acceptors (Lipinski definition) is 4. The summed E-state index contributed by atoms with van der Waals surface area (Å²) >= 11 is 0. The normalized spacial score (nSPS) is 20.1. The van der Waals surface area contributed by atoms with E-state index in [1.54, 1.807) is 23.4 Å². The van der Waals surface area contributed by atoms with Gasteiger partial charge in [0.2, 0.25) is 10.0 Å². The van der Waals surface area contributed by atoms with Crippen molar-refractivity contribution >= 4 is 27.0 Å². The zero-order chi connectivity index (χ0) is 16.0. The third kappa shape index (κ3) is 2.61. The van der Waals surface area contributed by atoms with Gasteiger partial charge in [0.05, 0.1) is 22.6 Å². The molecule has 0 bridgehead atoms. The van der Waals surface area contributed by atoms with Crippen LogP contribution >= 0.6 is 0 Å². The number of benzene rings is 1. The molecule has 1 saturated carbocycles. The van der Waals surface area contributed by atoms with Crippen LogP contribution in [0.3, 0.4) is 0 Å². The Morgan fingerprint density at radius 1 is 1.17 bits per heavy atom. The highest BCUT2D eigenvalue weighted by Crippen LogP contribution is 2.31. The average Bonchev–Trinajstić information content (AvgIpc) is 3.33. The van der Waals surface area contributed by atoms with Crippen LogP contribution in [0.25, 0.3) is 11.0 Å². The topological polar surface area (TPSA) is 86.4 Å². The second-order valence-corrected chi connectivity index (χ2v) is 8.28. The fourth-order valence-electron chi connectivity index (χ4n) is 2.97. The number of sulfonamides is 1. The summed E-state index contributed by atoms with van der Waals surface area (Å²) < 4.78 is 26.0. The number of nitrogens with zero attached hydrogens (tertiary/aromatic N) is 3. The summed E-state index contributed by atoms with van der Waals surface area (Å²) in [6, 6.07) is 5.36. The molecule has 23 heavy (non-hydrogen) atoms. The number of carbonyl (C=O) groups is 1. The van der Waals surface area contributed by atoms with Crippen molar-refractivity contribution in [3.63, 3.8) is 0 Å². The Bertz CT molecular complexity index is 848. The Hall–Kier alpha value is -1.93. The summed E-state index contributed by atoms with van der Waals surface area (Å²) in [6.45, 7) is 1.64. The van der Waals surface area contributed by atoms with Crippen LogP contribution in [0.1, 0.15) is 23.2 Å². The molecule has 1 saturated heterocycles. The highest BCUT2D eigenvalue weighted by molar-refractivity contribution is 7.90. The largest absolute Gasteiger partial charge is 0.345 e. The molecule has 7 nitrogen and oxygen atoms in total. The number of carbonyl (C=O) groups excluding carboxylic acids is 1. The molecule has 2 fully saturated rings. The maximum absolute atomic E-state index is 12.6. The van der Waals surface area contributed by atoms with Gasteiger partial charge in [-0.25, -0.2) is 13.4 Å². The maximum Gasteiger partial charge on any atom is 0.254 e. The van der Waals surface area contributed by atoms with Crippen molar-refractivity contribution in [1.29, 1.82) is 0 Å². The Morgan fingerprint density at radius 2 is 1.91 bits per heavy atom. The molecular formula is C15H18N4O3S. The number of imidazole rings is 1. The Balaban J connectivity index is 1.46. The van der Waals surface area contributed by atoms with Gasteiger partial charge in [-0.2, -0.15) is 4.31 Å². The lowest BCUT2D eigenvalue weighted by molar-refractivity contribution is 0.0698. The minimum Gasteiger partial charge on any atom is -0.345 e. The first-order chi connectivity index (χ1) is 11.1. The molecule has 0 atom stereocenters. The molecule has 1 amide bonds. The SMILES string of the molecule is O=C(c1ccc2nc[nH]c2c1)N1CCN(S(=O)(=O)C2CC2)CC1. The molecule has 2 aromatic rings. The molecule has 1 aromatic carbocycles. The second-order valence-electron chi connectivity index (χ2n) is 6.07. The molecule has 122 valence electrons. The zero-order valence-electron chi connectivity index (χ0n) is 12.6. The lowest BCUT2D eigenvalue weighted by atomic mass is 10.1. The van der Waals surface area contributed by atoms with Gasteiger partial charge in [0.1, 0.15) is 0 Å². The molecule has 0 spiro atoms. The first-order valence-electron chi connectivity index (χ1n) is 7.77. The highest BCUT2D eigenvalue weighted by Gasteiger charge is 2.41. The molecule has 0 radical (unpaired) electrons. The standard InChI is InChI=1S/C15H18N4O3S/c20-15(11-1-4-13-14(9-11)17-10-16-13)18-5-7-19(8-6-18)23(21,22)12-2-3-12/h1,4,9-10,12H,2-3,5-8H2,(H,16,17). The van der Waals surface area contributed by atoms with Crippen molar-refractivity contribution in [1.82, 2.24) is 19.2 Å². The number of fused-ring (bicyclic) bond motifs is 1. The van der Waals surface area contributed by atoms with E-state index in [9.17, 15) is 13.2 Å². The molecular weight excluding hydrogens is 316 g/mol. The molecule has 8 heteroatoms. The van der Waals surface area contributed by atoms with Crippen LogP contribution < -0.4 is 0 Å². The van der Waals surface area contributed by atoms with Crippen LogP contribution in [0.5, 0.6) is 0 Å². The minimum atomic E-state index is -3.14. The van der Waals surface area contributed by atoms with Crippen molar-refractivity contribution in [3.8, 4) is 0 Å². The molecule has 2 heterocycles. The van der Waals surface area contributed by atoms with E-state index in [1.165, 1.54) is 4.31 Å². The Kier molecular flexibility index (Phi) is 3.38. The number of H-pyrrole nitrogens is 1. The molecule has 1 aliphatic carbocycles. The summed E-state index contributed by atoms with van der Waals surface area (Å²) in [5.74, 6) is -0.0648. The summed E-state index contributed by atoms with van der Waals surface area (Å²) in [5.41, 5.74) is 2.24. The highest BCUT2D eigenvalue weighted by atomic mass is 32.2. The van der Waals surface area contributed by atoms with Crippen molar-refractivity contribution in [3.05, 3.63) is 30.1 Å². The van der Waals surface area contributed by atoms with E-state index in [4.69, 9.17) is 0 Å². The molecule has 0 unspecified atom stereocenters. The molecule has 2 aliphatic rings. The summed E-state index contributed by atoms with van der Waals surface area (Å²) in [5, 5.41) is -0.187. The predicted molar refractivity (Wildman–Crippen MR) is 85.5 cm³/mol. The van der Waals surface area contributed by atoms with Crippen LogP contribution in [0, 0.1) is 0 Å². The quantitative estimate of drug-likeness (QED) is 0.900. The minimum absolute atomic E-state index is 0.0648. The number of aromatic amines is 1. The van der Waals surface area contributed by atoms with Crippen molar-refractivity contribution in [2.24, 2.45) is 0 Å². The lowest BCUT2D eigenvalue weighted by Crippen LogP contribution is -2.51. The molecule has 4 rings (SSSR count). The van der Waals surface area contributed by atoms with Gasteiger partial charge in [0.25, 0.3) is 5.91 Å². The van der Waals surface area contributed by atoms with E-state index < -0.39 is 10.0 Å². The van der Waals surface area contributed by atoms with E-state index in [0.29, 0.717) is 31.7 Å². The smallest absolute Gasteiger partial charge is 0.254 e. The van der Waals surface area contributed by atoms with E-state index in [2.05, 4.69) is 9.97 Å². The monoisotopic (exact) mass is 334 g/mol. The van der Waals surface area contributed by atoms with Gasteiger partial charge in [0.15, 0.2) is 0 Å². The van der Waals surface area contributed by atoms with Gasteiger partial charge in [-0.1, -0.05) is 0 Å². The molecule has 1 N–H and O–H groups in total. The second kappa shape index (κ2) is 5.31. The third-order valence-corrected chi connectivity index (χ3v) is 6.90. The van der Waals surface area contributed by atoms with E-state index in [0.717, 1.165) is 23.9 Å². The molecule has 1 aliphatic heterocycles. The lowest BCUT2D eigenvalue weighted by Gasteiger charge is -2.34. The Morgan fingerprint density at radius 3 is 2.61 bits per heavy atom. The van der Waals surface area contributed by atoms with Gasteiger partial charge in [0, 0.05) is 31.7 Å². The van der Waals surface area contributed by atoms with Gasteiger partial charge in [-0.15, -0.1) is 0 Å². The van der Waals surface area contributed by atoms with Gasteiger partial charge in [-0.3, -0.25) is 4.79 Å². The first kappa shape index (κ1) is 14.6. The third-order valence-electron chi connectivity index (χ3n) is 4.50. The van der Waals surface area contributed by atoms with E-state index in [1.807, 2.05) is 6.07 Å². The number of amides is 1. The van der Waals surface area contributed by atoms with Crippen LogP contribution in [0.2, 0.25) is 0 Å². The van der Waals surface area contributed by atoms with Crippen LogP contribution in [-0.4, -0.2) is 64.9 Å². The van der Waals surface area contributed by atoms with Crippen molar-refractivity contribution in [2.75, 3.05) is 26.2 Å². The number of hydrogen-bond donors (Lipinski definition) is 1. The van der Waals surface area contributed by atoms with Crippen LogP contribution in [0.4, 0.5) is 0 Å². The number of aromatic nitrogens is 2. The predicted octanol–water partition coefficient (Wildman–Crippen LogP) is 0.813. The Labute approximate surface area is 134 Å². The average molecular weight is 334 g/mol. The number of nitrogens with one attached hydrogen (secondary N) is 1. The fraction of sp³-hybridized carbons (Fsp3) is 0.467. The molecule has 1 aromatic heterocycles. The number of rotatable bonds is 3. The van der Waals surface area contributed by atoms with Gasteiger partial charge >= 0.3 is 0 Å². The van der Waals surface area contributed by atoms with Crippen LogP contribution in [-0.2, 0) is 10.0 Å².